The highest BCUT2D eigenvalue weighted by Crippen LogP contribution is 2.34. The lowest BCUT2D eigenvalue weighted by molar-refractivity contribution is -0.387. The molecule has 178 valence electrons. The molecule has 1 fully saturated rings. The van der Waals surface area contributed by atoms with Crippen LogP contribution >= 0.6 is 11.8 Å². The first-order chi connectivity index (χ1) is 16.3. The van der Waals surface area contributed by atoms with Gasteiger partial charge in [-0.15, -0.1) is 0 Å². The maximum Gasteiger partial charge on any atom is 0.283 e. The third kappa shape index (κ3) is 8.63. The largest absolute Gasteiger partial charge is 0.351 e. The fraction of sp³-hybridized carbons (Fsp3) is 0.348. The van der Waals surface area contributed by atoms with Crippen molar-refractivity contribution in [3.05, 3.63) is 57.9 Å². The van der Waals surface area contributed by atoms with Crippen LogP contribution in [-0.4, -0.2) is 52.2 Å². The normalized spacial score (nSPS) is 13.6. The standard InChI is InChI=1S/C20H19N5O3S.C3H7NO/c21-13-15(19(26)24-16-5-2-1-3-6-16)11-14-7-8-18(17(12-14)25(27)28)29-20-22-9-4-10-23-20;1-4(2)3-5/h4,7-12,16H,1-3,5-6H2,(H,24,26);3H,1-2H3/b15-11-;. The molecule has 0 bridgehead atoms. The smallest absolute Gasteiger partial charge is 0.283 e. The predicted molar refractivity (Wildman–Crippen MR) is 128 cm³/mol. The minimum Gasteiger partial charge on any atom is -0.351 e. The molecule has 2 amide bonds. The number of benzene rings is 1. The molecule has 0 saturated heterocycles. The van der Waals surface area contributed by atoms with Crippen LogP contribution in [-0.2, 0) is 9.59 Å². The lowest BCUT2D eigenvalue weighted by atomic mass is 9.95. The van der Waals surface area contributed by atoms with Crippen LogP contribution in [0.25, 0.3) is 6.08 Å². The maximum absolute atomic E-state index is 12.4. The summed E-state index contributed by atoms with van der Waals surface area (Å²) >= 11 is 1.08. The van der Waals surface area contributed by atoms with Gasteiger partial charge in [0.25, 0.3) is 11.6 Å². The SMILES string of the molecule is CN(C)C=O.N#C/C(=C/c1ccc(Sc2ncccn2)c([N+](=O)[O-])c1)C(=O)NC1CCCCC1. The summed E-state index contributed by atoms with van der Waals surface area (Å²) in [7, 11) is 3.38. The first kappa shape index (κ1) is 26.5. The van der Waals surface area contributed by atoms with Crippen LogP contribution in [0.2, 0.25) is 0 Å². The van der Waals surface area contributed by atoms with Crippen molar-refractivity contribution in [1.82, 2.24) is 20.2 Å². The Bertz CT molecular complexity index is 1060. The number of hydrogen-bond acceptors (Lipinski definition) is 8. The molecule has 34 heavy (non-hydrogen) atoms. The zero-order valence-electron chi connectivity index (χ0n) is 19.0. The molecular weight excluding hydrogens is 456 g/mol. The van der Waals surface area contributed by atoms with Gasteiger partial charge in [-0.3, -0.25) is 19.7 Å². The highest BCUT2D eigenvalue weighted by atomic mass is 32.2. The molecule has 1 aromatic carbocycles. The minimum atomic E-state index is -0.503. The van der Waals surface area contributed by atoms with E-state index >= 15 is 0 Å². The van der Waals surface area contributed by atoms with Gasteiger partial charge in [0.15, 0.2) is 5.16 Å². The molecule has 0 unspecified atom stereocenters. The number of nitrogens with one attached hydrogen (secondary N) is 1. The van der Waals surface area contributed by atoms with E-state index < -0.39 is 10.8 Å². The third-order valence-electron chi connectivity index (χ3n) is 4.75. The molecule has 11 heteroatoms. The van der Waals surface area contributed by atoms with Gasteiger partial charge in [0, 0.05) is 38.6 Å². The Hall–Kier alpha value is -3.78. The van der Waals surface area contributed by atoms with Crippen LogP contribution in [0.5, 0.6) is 0 Å². The zero-order chi connectivity index (χ0) is 24.9. The third-order valence-corrected chi connectivity index (χ3v) is 5.71. The summed E-state index contributed by atoms with van der Waals surface area (Å²) in [6.45, 7) is 0. The van der Waals surface area contributed by atoms with Crippen molar-refractivity contribution >= 4 is 35.8 Å². The van der Waals surface area contributed by atoms with E-state index in [-0.39, 0.29) is 17.3 Å². The molecule has 0 aliphatic heterocycles. The summed E-state index contributed by atoms with van der Waals surface area (Å²) in [5.41, 5.74) is 0.197. The summed E-state index contributed by atoms with van der Waals surface area (Å²) in [6, 6.07) is 8.17. The summed E-state index contributed by atoms with van der Waals surface area (Å²) in [5.74, 6) is -0.446. The van der Waals surface area contributed by atoms with Crippen LogP contribution in [0.15, 0.2) is 52.3 Å². The van der Waals surface area contributed by atoms with E-state index in [1.54, 1.807) is 44.7 Å². The van der Waals surface area contributed by atoms with Gasteiger partial charge >= 0.3 is 0 Å². The van der Waals surface area contributed by atoms with E-state index in [2.05, 4.69) is 15.3 Å². The van der Waals surface area contributed by atoms with Crippen molar-refractivity contribution in [3.8, 4) is 6.07 Å². The highest BCUT2D eigenvalue weighted by Gasteiger charge is 2.20. The number of aromatic nitrogens is 2. The quantitative estimate of drug-likeness (QED) is 0.157. The van der Waals surface area contributed by atoms with Crippen molar-refractivity contribution in [2.75, 3.05) is 14.1 Å². The first-order valence-electron chi connectivity index (χ1n) is 10.6. The second-order valence-corrected chi connectivity index (χ2v) is 8.67. The molecule has 3 rings (SSSR count). The van der Waals surface area contributed by atoms with Gasteiger partial charge in [0.05, 0.1) is 9.82 Å². The van der Waals surface area contributed by atoms with E-state index in [0.717, 1.165) is 50.3 Å². The summed E-state index contributed by atoms with van der Waals surface area (Å²) < 4.78 is 0. The van der Waals surface area contributed by atoms with E-state index in [1.807, 2.05) is 6.07 Å². The predicted octanol–water partition coefficient (Wildman–Crippen LogP) is 3.60. The van der Waals surface area contributed by atoms with Crippen LogP contribution in [0.4, 0.5) is 5.69 Å². The molecule has 1 aliphatic rings. The number of nitrogens with zero attached hydrogens (tertiary/aromatic N) is 5. The Morgan fingerprint density at radius 2 is 1.91 bits per heavy atom. The molecule has 10 nitrogen and oxygen atoms in total. The fourth-order valence-electron chi connectivity index (χ4n) is 3.11. The van der Waals surface area contributed by atoms with E-state index in [4.69, 9.17) is 0 Å². The van der Waals surface area contributed by atoms with Crippen LogP contribution < -0.4 is 5.32 Å². The van der Waals surface area contributed by atoms with Crippen LogP contribution in [0.3, 0.4) is 0 Å². The Morgan fingerprint density at radius 3 is 2.47 bits per heavy atom. The number of hydrogen-bond donors (Lipinski definition) is 1. The first-order valence-corrected chi connectivity index (χ1v) is 11.4. The van der Waals surface area contributed by atoms with Crippen molar-refractivity contribution in [3.63, 3.8) is 0 Å². The van der Waals surface area contributed by atoms with Crippen LogP contribution in [0, 0.1) is 21.4 Å². The summed E-state index contributed by atoms with van der Waals surface area (Å²) in [4.78, 5) is 42.8. The Labute approximate surface area is 202 Å². The Balaban J connectivity index is 0.000000739. The number of nitro groups is 1. The Morgan fingerprint density at radius 1 is 1.26 bits per heavy atom. The second-order valence-electron chi connectivity index (χ2n) is 7.66. The molecule has 0 atom stereocenters. The maximum atomic E-state index is 12.4. The molecule has 1 aliphatic carbocycles. The average Bonchev–Trinajstić information content (AvgIpc) is 2.84. The highest BCUT2D eigenvalue weighted by molar-refractivity contribution is 7.99. The van der Waals surface area contributed by atoms with Gasteiger partial charge in [-0.25, -0.2) is 9.97 Å². The molecule has 1 saturated carbocycles. The van der Waals surface area contributed by atoms with Crippen molar-refractivity contribution in [2.45, 2.75) is 48.2 Å². The molecule has 2 aromatic rings. The number of nitro benzene ring substituents is 1. The van der Waals surface area contributed by atoms with Gasteiger partial charge in [-0.1, -0.05) is 25.3 Å². The fourth-order valence-corrected chi connectivity index (χ4v) is 3.91. The zero-order valence-corrected chi connectivity index (χ0v) is 19.8. The topological polar surface area (TPSA) is 142 Å². The second kappa shape index (κ2) is 13.7. The molecular formula is C23H26N6O4S. The minimum absolute atomic E-state index is 0.0725. The summed E-state index contributed by atoms with van der Waals surface area (Å²) in [6.07, 6.45) is 10.3. The summed E-state index contributed by atoms with van der Waals surface area (Å²) in [5, 5.41) is 24.2. The number of nitriles is 1. The van der Waals surface area contributed by atoms with Crippen molar-refractivity contribution in [1.29, 1.82) is 5.26 Å². The van der Waals surface area contributed by atoms with E-state index in [0.29, 0.717) is 15.6 Å². The number of rotatable bonds is 7. The van der Waals surface area contributed by atoms with Crippen LogP contribution in [0.1, 0.15) is 37.7 Å². The van der Waals surface area contributed by atoms with Gasteiger partial charge in [0.2, 0.25) is 6.41 Å². The van der Waals surface area contributed by atoms with Gasteiger partial charge in [-0.2, -0.15) is 5.26 Å². The molecule has 0 radical (unpaired) electrons. The molecule has 1 N–H and O–H groups in total. The number of amides is 2. The lowest BCUT2D eigenvalue weighted by Gasteiger charge is -2.22. The lowest BCUT2D eigenvalue weighted by Crippen LogP contribution is -2.36. The van der Waals surface area contributed by atoms with Gasteiger partial charge < -0.3 is 10.2 Å². The Kier molecular flexibility index (Phi) is 10.7. The number of carbonyl (C=O) groups excluding carboxylic acids is 2. The van der Waals surface area contributed by atoms with E-state index in [9.17, 15) is 25.0 Å². The molecule has 0 spiro atoms. The average molecular weight is 483 g/mol. The molecule has 1 aromatic heterocycles. The van der Waals surface area contributed by atoms with E-state index in [1.165, 1.54) is 17.0 Å². The van der Waals surface area contributed by atoms with Crippen molar-refractivity contribution in [2.24, 2.45) is 0 Å². The molecule has 1 heterocycles. The monoisotopic (exact) mass is 482 g/mol. The number of carbonyl (C=O) groups is 2. The van der Waals surface area contributed by atoms with Gasteiger partial charge in [-0.05, 0) is 48.4 Å². The van der Waals surface area contributed by atoms with Gasteiger partial charge in [0.1, 0.15) is 11.6 Å². The van der Waals surface area contributed by atoms with Crippen molar-refractivity contribution < 1.29 is 14.5 Å².